The quantitative estimate of drug-likeness (QED) is 0.847. The maximum atomic E-state index is 4.08. The smallest absolute Gasteiger partial charge is 0.152 e. The van der Waals surface area contributed by atoms with Crippen molar-refractivity contribution >= 4 is 0 Å². The molecule has 0 aliphatic carbocycles. The van der Waals surface area contributed by atoms with Gasteiger partial charge in [-0.3, -0.25) is 0 Å². The summed E-state index contributed by atoms with van der Waals surface area (Å²) in [5.41, 5.74) is 1.30. The highest BCUT2D eigenvalue weighted by Crippen LogP contribution is 2.13. The van der Waals surface area contributed by atoms with Crippen molar-refractivity contribution in [1.29, 1.82) is 0 Å². The molecule has 2 aromatic heterocycles. The lowest BCUT2D eigenvalue weighted by Gasteiger charge is -2.09. The lowest BCUT2D eigenvalue weighted by molar-refractivity contribution is 0.595. The largest absolute Gasteiger partial charge is 0.346 e. The molecule has 0 radical (unpaired) electrons. The molecule has 92 valence electrons. The van der Waals surface area contributed by atoms with Gasteiger partial charge in [0.05, 0.1) is 6.54 Å². The molecule has 0 amide bonds. The number of nitrogens with zero attached hydrogens (tertiary/aromatic N) is 4. The van der Waals surface area contributed by atoms with Crippen LogP contribution in [-0.4, -0.2) is 25.9 Å². The fourth-order valence-electron chi connectivity index (χ4n) is 1.85. The molecule has 5 nitrogen and oxygen atoms in total. The second-order valence-electron chi connectivity index (χ2n) is 4.25. The van der Waals surface area contributed by atoms with Gasteiger partial charge < -0.3 is 14.5 Å². The Balaban J connectivity index is 2.06. The molecule has 17 heavy (non-hydrogen) atoms. The first-order valence-corrected chi connectivity index (χ1v) is 5.92. The Morgan fingerprint density at radius 2 is 2.29 bits per heavy atom. The van der Waals surface area contributed by atoms with Crippen molar-refractivity contribution < 1.29 is 0 Å². The third kappa shape index (κ3) is 2.74. The Labute approximate surface area is 101 Å². The minimum Gasteiger partial charge on any atom is -0.346 e. The van der Waals surface area contributed by atoms with Crippen molar-refractivity contribution in [2.24, 2.45) is 7.05 Å². The third-order valence-corrected chi connectivity index (χ3v) is 2.91. The minimum absolute atomic E-state index is 0.390. The zero-order valence-corrected chi connectivity index (χ0v) is 10.6. The van der Waals surface area contributed by atoms with Crippen LogP contribution in [0.4, 0.5) is 0 Å². The number of hydrogen-bond acceptors (Lipinski definition) is 3. The number of aromatic nitrogens is 4. The van der Waals surface area contributed by atoms with Gasteiger partial charge in [-0.25, -0.2) is 0 Å². The molecule has 1 N–H and O–H groups in total. The Morgan fingerprint density at radius 1 is 1.47 bits per heavy atom. The van der Waals surface area contributed by atoms with E-state index in [4.69, 9.17) is 0 Å². The van der Waals surface area contributed by atoms with Gasteiger partial charge in [-0.2, -0.15) is 0 Å². The van der Waals surface area contributed by atoms with E-state index in [1.54, 1.807) is 6.33 Å². The molecule has 0 saturated heterocycles. The van der Waals surface area contributed by atoms with Gasteiger partial charge in [0.15, 0.2) is 5.82 Å². The summed E-state index contributed by atoms with van der Waals surface area (Å²) < 4.78 is 4.07. The normalized spacial score (nSPS) is 12.9. The number of rotatable bonds is 5. The number of nitrogens with one attached hydrogen (secondary N) is 1. The Kier molecular flexibility index (Phi) is 3.58. The van der Waals surface area contributed by atoms with Crippen LogP contribution in [0.1, 0.15) is 31.3 Å². The molecule has 1 unspecified atom stereocenters. The van der Waals surface area contributed by atoms with E-state index < -0.39 is 0 Å². The molecule has 0 bridgehead atoms. The van der Waals surface area contributed by atoms with Gasteiger partial charge in [0, 0.05) is 25.5 Å². The monoisotopic (exact) mass is 233 g/mol. The SMILES string of the molecule is CCNC(C)c1ccn(Cc2nncn2C)c1. The Bertz CT molecular complexity index is 471. The maximum Gasteiger partial charge on any atom is 0.152 e. The highest BCUT2D eigenvalue weighted by atomic mass is 15.3. The second kappa shape index (κ2) is 5.14. The Hall–Kier alpha value is -1.62. The van der Waals surface area contributed by atoms with Crippen LogP contribution in [0.25, 0.3) is 0 Å². The molecule has 0 aromatic carbocycles. The summed E-state index contributed by atoms with van der Waals surface area (Å²) in [5, 5.41) is 11.4. The van der Waals surface area contributed by atoms with Crippen molar-refractivity contribution in [3.05, 3.63) is 36.2 Å². The van der Waals surface area contributed by atoms with E-state index in [9.17, 15) is 0 Å². The van der Waals surface area contributed by atoms with E-state index in [0.717, 1.165) is 18.9 Å². The average Bonchev–Trinajstić information content (AvgIpc) is 2.90. The van der Waals surface area contributed by atoms with Crippen LogP contribution >= 0.6 is 0 Å². The molecule has 0 fully saturated rings. The van der Waals surface area contributed by atoms with Gasteiger partial charge in [0.2, 0.25) is 0 Å². The van der Waals surface area contributed by atoms with Crippen LogP contribution in [0.3, 0.4) is 0 Å². The van der Waals surface area contributed by atoms with Crippen molar-refractivity contribution in [1.82, 2.24) is 24.6 Å². The molecular formula is C12H19N5. The summed E-state index contributed by atoms with van der Waals surface area (Å²) in [6, 6.07) is 2.53. The van der Waals surface area contributed by atoms with E-state index >= 15 is 0 Å². The van der Waals surface area contributed by atoms with Gasteiger partial charge in [0.1, 0.15) is 6.33 Å². The first-order chi connectivity index (χ1) is 8.20. The first kappa shape index (κ1) is 11.9. The summed E-state index contributed by atoms with van der Waals surface area (Å²) in [5.74, 6) is 0.961. The van der Waals surface area contributed by atoms with E-state index in [1.165, 1.54) is 5.56 Å². The van der Waals surface area contributed by atoms with Crippen molar-refractivity contribution in [3.8, 4) is 0 Å². The summed E-state index contributed by atoms with van der Waals surface area (Å²) in [6.07, 6.45) is 5.96. The van der Waals surface area contributed by atoms with Gasteiger partial charge in [0.25, 0.3) is 0 Å². The Morgan fingerprint density at radius 3 is 2.94 bits per heavy atom. The molecule has 0 spiro atoms. The molecule has 5 heteroatoms. The van der Waals surface area contributed by atoms with Crippen LogP contribution in [0.5, 0.6) is 0 Å². The highest BCUT2D eigenvalue weighted by Gasteiger charge is 2.07. The van der Waals surface area contributed by atoms with E-state index in [0.29, 0.717) is 6.04 Å². The van der Waals surface area contributed by atoms with Crippen LogP contribution < -0.4 is 5.32 Å². The summed E-state index contributed by atoms with van der Waals surface area (Å²) in [7, 11) is 1.96. The van der Waals surface area contributed by atoms with E-state index in [2.05, 4.69) is 52.4 Å². The van der Waals surface area contributed by atoms with Gasteiger partial charge >= 0.3 is 0 Å². The first-order valence-electron chi connectivity index (χ1n) is 5.92. The molecule has 2 rings (SSSR count). The van der Waals surface area contributed by atoms with Crippen molar-refractivity contribution in [2.45, 2.75) is 26.4 Å². The number of aryl methyl sites for hydroxylation is 1. The lowest BCUT2D eigenvalue weighted by Crippen LogP contribution is -2.17. The third-order valence-electron chi connectivity index (χ3n) is 2.91. The molecule has 0 saturated carbocycles. The average molecular weight is 233 g/mol. The fraction of sp³-hybridized carbons (Fsp3) is 0.500. The second-order valence-corrected chi connectivity index (χ2v) is 4.25. The lowest BCUT2D eigenvalue weighted by atomic mass is 10.2. The van der Waals surface area contributed by atoms with Crippen LogP contribution in [0.15, 0.2) is 24.8 Å². The van der Waals surface area contributed by atoms with Gasteiger partial charge in [-0.05, 0) is 25.1 Å². The fourth-order valence-corrected chi connectivity index (χ4v) is 1.85. The summed E-state index contributed by atoms with van der Waals surface area (Å²) in [6.45, 7) is 6.03. The van der Waals surface area contributed by atoms with Crippen molar-refractivity contribution in [2.75, 3.05) is 6.54 Å². The maximum absolute atomic E-state index is 4.08. The van der Waals surface area contributed by atoms with Crippen LogP contribution in [0, 0.1) is 0 Å². The van der Waals surface area contributed by atoms with Gasteiger partial charge in [-0.15, -0.1) is 10.2 Å². The van der Waals surface area contributed by atoms with E-state index in [1.807, 2.05) is 11.6 Å². The topological polar surface area (TPSA) is 47.7 Å². The van der Waals surface area contributed by atoms with Gasteiger partial charge in [-0.1, -0.05) is 6.92 Å². The minimum atomic E-state index is 0.390. The molecule has 0 aliphatic heterocycles. The summed E-state index contributed by atoms with van der Waals surface area (Å²) in [4.78, 5) is 0. The molecule has 1 atom stereocenters. The van der Waals surface area contributed by atoms with Crippen molar-refractivity contribution in [3.63, 3.8) is 0 Å². The highest BCUT2D eigenvalue weighted by molar-refractivity contribution is 5.15. The molecule has 2 heterocycles. The zero-order valence-electron chi connectivity index (χ0n) is 10.6. The number of hydrogen-bond donors (Lipinski definition) is 1. The zero-order chi connectivity index (χ0) is 12.3. The standard InChI is InChI=1S/C12H19N5/c1-4-13-10(2)11-5-6-17(7-11)8-12-15-14-9-16(12)3/h5-7,9-10,13H,4,8H2,1-3H3. The molecule has 2 aromatic rings. The van der Waals surface area contributed by atoms with Crippen LogP contribution in [-0.2, 0) is 13.6 Å². The summed E-state index contributed by atoms with van der Waals surface area (Å²) >= 11 is 0. The van der Waals surface area contributed by atoms with Crippen LogP contribution in [0.2, 0.25) is 0 Å². The van der Waals surface area contributed by atoms with E-state index in [-0.39, 0.29) is 0 Å². The molecule has 0 aliphatic rings. The molecular weight excluding hydrogens is 214 g/mol. The predicted octanol–water partition coefficient (Wildman–Crippen LogP) is 1.34. The predicted molar refractivity (Wildman–Crippen MR) is 66.6 cm³/mol.